The van der Waals surface area contributed by atoms with Crippen molar-refractivity contribution in [2.45, 2.75) is 90.3 Å². The summed E-state index contributed by atoms with van der Waals surface area (Å²) in [5, 5.41) is 13.8. The number of aliphatic hydroxyl groups excluding tert-OH is 1. The van der Waals surface area contributed by atoms with Crippen LogP contribution < -0.4 is 9.58 Å². The number of rotatable bonds is 10. The van der Waals surface area contributed by atoms with Gasteiger partial charge < -0.3 is 5.11 Å². The number of ketones is 1. The summed E-state index contributed by atoms with van der Waals surface area (Å²) in [4.78, 5) is 16.4. The van der Waals surface area contributed by atoms with E-state index in [0.29, 0.717) is 0 Å². The van der Waals surface area contributed by atoms with E-state index in [1.807, 2.05) is 33.9 Å². The molecule has 0 aliphatic carbocycles. The van der Waals surface area contributed by atoms with Crippen LogP contribution in [0.2, 0.25) is 36.9 Å². The van der Waals surface area contributed by atoms with Gasteiger partial charge in [0.05, 0.1) is 5.76 Å². The molecule has 0 amide bonds. The molecule has 1 radical (unpaired) electrons. The molecule has 6 heteroatoms. The first-order chi connectivity index (χ1) is 18.3. The monoisotopic (exact) mass is 799 g/mol. The Morgan fingerprint density at radius 2 is 1.52 bits per heavy atom. The van der Waals surface area contributed by atoms with Crippen molar-refractivity contribution in [3.05, 3.63) is 66.6 Å². The van der Waals surface area contributed by atoms with Gasteiger partial charge in [0.15, 0.2) is 5.78 Å². The third-order valence-corrected chi connectivity index (χ3v) is 13.9. The first-order valence-corrected chi connectivity index (χ1v) is 25.5. The third kappa shape index (κ3) is 10.1. The zero-order valence-electron chi connectivity index (χ0n) is 26.3. The van der Waals surface area contributed by atoms with Gasteiger partial charge in [-0.15, -0.1) is 0 Å². The molecule has 3 rings (SSSR count). The molecule has 0 unspecified atom stereocenters. The van der Waals surface area contributed by atoms with E-state index < -0.39 is 21.3 Å². The van der Waals surface area contributed by atoms with Crippen molar-refractivity contribution in [2.75, 3.05) is 0 Å². The number of allylic oxidation sites excluding steroid dienone is 2. The minimum atomic E-state index is -1.99. The van der Waals surface area contributed by atoms with Gasteiger partial charge in [0.1, 0.15) is 0 Å². The van der Waals surface area contributed by atoms with E-state index in [0.717, 1.165) is 36.9 Å². The van der Waals surface area contributed by atoms with Crippen LogP contribution in [-0.2, 0) is 24.9 Å². The fraction of sp³-hybridized carbons (Fsp3) is 0.471. The molecule has 0 aliphatic heterocycles. The van der Waals surface area contributed by atoms with E-state index in [-0.39, 0.29) is 43.5 Å². The van der Waals surface area contributed by atoms with Crippen LogP contribution in [0, 0.1) is 17.9 Å². The van der Waals surface area contributed by atoms with Crippen LogP contribution >= 0.6 is 0 Å². The van der Waals surface area contributed by atoms with Gasteiger partial charge in [0.25, 0.3) is 0 Å². The number of aromatic nitrogens is 1. The fourth-order valence-corrected chi connectivity index (χ4v) is 9.32. The summed E-state index contributed by atoms with van der Waals surface area (Å²) in [6.07, 6.45) is 6.87. The molecular weight excluding hydrogens is 747 g/mol. The average Bonchev–Trinajstić information content (AvgIpc) is 2.89. The smallest absolute Gasteiger partial charge is 0 e. The van der Waals surface area contributed by atoms with Crippen LogP contribution in [0.5, 0.6) is 0 Å². The number of carbonyl (C=O) groups is 1. The summed E-state index contributed by atoms with van der Waals surface area (Å²) in [6.45, 7) is 15.2. The molecule has 1 N–H and O–H groups in total. The van der Waals surface area contributed by atoms with Gasteiger partial charge in [0.2, 0.25) is 0 Å². The number of aliphatic hydroxyl groups is 1. The van der Waals surface area contributed by atoms with Gasteiger partial charge in [-0.1, -0.05) is 27.7 Å². The molecule has 1 heterocycles. The molecule has 40 heavy (non-hydrogen) atoms. The second-order valence-corrected chi connectivity index (χ2v) is 28.2. The molecule has 0 saturated heterocycles. The number of hydrogen-bond donors (Lipinski definition) is 1. The average molecular weight is 798 g/mol. The molecule has 0 fully saturated rings. The Morgan fingerprint density at radius 1 is 0.950 bits per heavy atom. The normalized spacial score (nSPS) is 12.2. The number of carbonyl (C=O) groups excluding carboxylic acids is 1. The van der Waals surface area contributed by atoms with E-state index in [4.69, 9.17) is 0 Å². The zero-order chi connectivity index (χ0) is 29.4. The number of pyridine rings is 1. The van der Waals surface area contributed by atoms with Crippen LogP contribution in [0.1, 0.15) is 53.4 Å². The molecule has 0 atom stereocenters. The Hall–Kier alpha value is -1.53. The van der Waals surface area contributed by atoms with Crippen molar-refractivity contribution < 1.29 is 30.0 Å². The minimum absolute atomic E-state index is 0. The molecule has 3 aromatic rings. The summed E-state index contributed by atoms with van der Waals surface area (Å²) in [5.41, 5.74) is 2.21. The van der Waals surface area contributed by atoms with Crippen molar-refractivity contribution in [1.82, 2.24) is 4.98 Å². The summed E-state index contributed by atoms with van der Waals surface area (Å²) >= 11 is -1.99. The van der Waals surface area contributed by atoms with Gasteiger partial charge in [-0.25, -0.2) is 0 Å². The quantitative estimate of drug-likeness (QED) is 0.0968. The van der Waals surface area contributed by atoms with E-state index in [1.54, 1.807) is 4.40 Å². The molecule has 3 nitrogen and oxygen atoms in total. The van der Waals surface area contributed by atoms with Crippen LogP contribution in [0.25, 0.3) is 22.0 Å². The maximum absolute atomic E-state index is 11.7. The molecule has 0 aliphatic rings. The van der Waals surface area contributed by atoms with Gasteiger partial charge in [-0.3, -0.25) is 4.79 Å². The van der Waals surface area contributed by atoms with Crippen molar-refractivity contribution >= 4 is 47.5 Å². The Labute approximate surface area is 261 Å². The van der Waals surface area contributed by atoms with Crippen molar-refractivity contribution in [2.24, 2.45) is 11.8 Å². The summed E-state index contributed by atoms with van der Waals surface area (Å²) in [7, 11) is -1.34. The molecule has 0 bridgehead atoms. The van der Waals surface area contributed by atoms with Crippen LogP contribution in [0.4, 0.5) is 0 Å². The van der Waals surface area contributed by atoms with Crippen LogP contribution in [0.3, 0.4) is 0 Å². The second kappa shape index (κ2) is 16.2. The third-order valence-electron chi connectivity index (χ3n) is 7.57. The molecule has 0 spiro atoms. The van der Waals surface area contributed by atoms with Crippen molar-refractivity contribution in [3.63, 3.8) is 0 Å². The van der Waals surface area contributed by atoms with E-state index >= 15 is 0 Å². The summed E-state index contributed by atoms with van der Waals surface area (Å²) < 4.78 is 1.54. The summed E-state index contributed by atoms with van der Waals surface area (Å²) in [6, 6.07) is 19.1. The van der Waals surface area contributed by atoms with Gasteiger partial charge in [-0.2, -0.15) is 0 Å². The van der Waals surface area contributed by atoms with Crippen molar-refractivity contribution in [3.8, 4) is 11.3 Å². The van der Waals surface area contributed by atoms with Gasteiger partial charge >= 0.3 is 150 Å². The first-order valence-electron chi connectivity index (χ1n) is 14.6. The Morgan fingerprint density at radius 3 is 2.05 bits per heavy atom. The second-order valence-electron chi connectivity index (χ2n) is 12.6. The Bertz CT molecular complexity index is 1270. The zero-order valence-corrected chi connectivity index (χ0v) is 31.8. The number of fused-ring (bicyclic) bond motifs is 1. The molecule has 0 saturated carbocycles. The van der Waals surface area contributed by atoms with Gasteiger partial charge in [-0.05, 0) is 25.7 Å². The first kappa shape index (κ1) is 36.5. The molecule has 2 aromatic carbocycles. The molecule has 221 valence electrons. The standard InChI is InChI=1S/C21H26GeNSi.C13H24O2.Ir/c1-22(2,3)20-14-17(13-16-9-7-8-10-19(16)20)21-15-18(11-12-23-21)24(4,5)6;1-5-10(6-2)12(14)9-13(15)11(7-3)8-4;/h7-12,14-15H,1-6H3;9-11,14H,5-8H2,1-4H3;/q-1;;/b;12-9-;. The largest absolute Gasteiger partial charge is 0 e. The maximum atomic E-state index is 11.7. The topological polar surface area (TPSA) is 50.2 Å². The predicted octanol–water partition coefficient (Wildman–Crippen LogP) is 8.66. The molecule has 1 aromatic heterocycles. The minimum Gasteiger partial charge on any atom is 0 e. The van der Waals surface area contributed by atoms with Crippen LogP contribution in [-0.4, -0.2) is 37.2 Å². The van der Waals surface area contributed by atoms with Gasteiger partial charge in [0, 0.05) is 38.0 Å². The molecular formula is C34H50GeIrNO2Si-. The van der Waals surface area contributed by atoms with Crippen molar-refractivity contribution in [1.29, 1.82) is 0 Å². The van der Waals surface area contributed by atoms with Crippen LogP contribution in [0.15, 0.2) is 60.5 Å². The number of hydrogen-bond acceptors (Lipinski definition) is 3. The van der Waals surface area contributed by atoms with E-state index in [2.05, 4.69) is 90.4 Å². The maximum Gasteiger partial charge on any atom is 0 e. The number of nitrogens with zero attached hydrogens (tertiary/aromatic N) is 1. The fourth-order valence-electron chi connectivity index (χ4n) is 4.81. The van der Waals surface area contributed by atoms with E-state index in [9.17, 15) is 9.90 Å². The Kier molecular flexibility index (Phi) is 14.8. The predicted molar refractivity (Wildman–Crippen MR) is 176 cm³/mol. The van der Waals surface area contributed by atoms with E-state index in [1.165, 1.54) is 22.0 Å². The SMILES string of the molecule is CCC(CC)C(=O)/C=C(\O)C(CC)CC.C[Si](C)(C)c1ccnc(-c2[c-]c3ccccc3[c]([Ge]([CH3])([CH3])[CH3])c2)c1.[Ir]. The summed E-state index contributed by atoms with van der Waals surface area (Å²) in [5.74, 6) is 7.91. The Balaban J connectivity index is 0.000000437. The number of benzene rings is 2.